The summed E-state index contributed by atoms with van der Waals surface area (Å²) in [6, 6.07) is 1.19. The number of hydrogen-bond acceptors (Lipinski definition) is 3. The van der Waals surface area contributed by atoms with Crippen molar-refractivity contribution < 1.29 is 18.0 Å². The zero-order valence-corrected chi connectivity index (χ0v) is 11.9. The van der Waals surface area contributed by atoms with Crippen LogP contribution in [0.3, 0.4) is 0 Å². The van der Waals surface area contributed by atoms with Crippen LogP contribution >= 0.6 is 27.3 Å². The Labute approximate surface area is 115 Å². The minimum atomic E-state index is -4.38. The summed E-state index contributed by atoms with van der Waals surface area (Å²) in [4.78, 5) is 12.3. The van der Waals surface area contributed by atoms with Crippen molar-refractivity contribution in [2.45, 2.75) is 25.7 Å². The molecule has 1 unspecified atom stereocenters. The van der Waals surface area contributed by atoms with Gasteiger partial charge in [-0.05, 0) is 34.3 Å². The number of carbonyl (C=O) groups is 1. The molecule has 8 heteroatoms. The molecule has 18 heavy (non-hydrogen) atoms. The Morgan fingerprint density at radius 2 is 2.22 bits per heavy atom. The van der Waals surface area contributed by atoms with E-state index < -0.39 is 24.7 Å². The molecule has 0 aliphatic heterocycles. The second-order valence-corrected chi connectivity index (χ2v) is 5.48. The smallest absolute Gasteiger partial charge is 0.346 e. The van der Waals surface area contributed by atoms with E-state index in [1.54, 1.807) is 0 Å². The minimum absolute atomic E-state index is 0.429. The highest BCUT2D eigenvalue weighted by Gasteiger charge is 2.28. The van der Waals surface area contributed by atoms with Gasteiger partial charge in [0.05, 0.1) is 6.04 Å². The average Bonchev–Trinajstić information content (AvgIpc) is 2.67. The van der Waals surface area contributed by atoms with Crippen molar-refractivity contribution in [3.8, 4) is 0 Å². The quantitative estimate of drug-likeness (QED) is 0.862. The molecule has 1 rings (SSSR count). The van der Waals surface area contributed by atoms with E-state index in [-0.39, 0.29) is 0 Å². The van der Waals surface area contributed by atoms with Crippen LogP contribution in [0.4, 0.5) is 13.2 Å². The van der Waals surface area contributed by atoms with Crippen LogP contribution < -0.4 is 10.6 Å². The maximum absolute atomic E-state index is 11.9. The van der Waals surface area contributed by atoms with Crippen LogP contribution in [-0.4, -0.2) is 24.7 Å². The SMILES string of the molecule is CC(NCc1sccc1Br)C(=O)NCC(F)(F)F. The lowest BCUT2D eigenvalue weighted by Crippen LogP contribution is -2.44. The topological polar surface area (TPSA) is 41.1 Å². The fraction of sp³-hybridized carbons (Fsp3) is 0.500. The Bertz CT molecular complexity index is 408. The lowest BCUT2D eigenvalue weighted by molar-refractivity contribution is -0.139. The Morgan fingerprint density at radius 1 is 1.56 bits per heavy atom. The number of halogens is 4. The number of nitrogens with one attached hydrogen (secondary N) is 2. The molecule has 0 saturated heterocycles. The van der Waals surface area contributed by atoms with Gasteiger partial charge in [0.1, 0.15) is 6.54 Å². The van der Waals surface area contributed by atoms with Crippen molar-refractivity contribution in [2.24, 2.45) is 0 Å². The van der Waals surface area contributed by atoms with E-state index in [1.807, 2.05) is 16.8 Å². The molecule has 0 saturated carbocycles. The molecule has 1 heterocycles. The van der Waals surface area contributed by atoms with Crippen molar-refractivity contribution in [3.05, 3.63) is 20.8 Å². The van der Waals surface area contributed by atoms with E-state index in [0.717, 1.165) is 9.35 Å². The largest absolute Gasteiger partial charge is 0.405 e. The molecule has 1 aromatic rings. The summed E-state index contributed by atoms with van der Waals surface area (Å²) in [7, 11) is 0. The van der Waals surface area contributed by atoms with Gasteiger partial charge in [-0.1, -0.05) is 0 Å². The standard InChI is InChI=1S/C10H12BrF3N2OS/c1-6(9(17)16-5-10(12,13)14)15-4-8-7(11)2-3-18-8/h2-3,6,15H,4-5H2,1H3,(H,16,17). The predicted octanol–water partition coefficient (Wildman–Crippen LogP) is 2.67. The summed E-state index contributed by atoms with van der Waals surface area (Å²) in [5.74, 6) is -0.667. The van der Waals surface area contributed by atoms with Crippen LogP contribution in [0.25, 0.3) is 0 Å². The van der Waals surface area contributed by atoms with E-state index in [2.05, 4.69) is 21.2 Å². The Hall–Kier alpha value is -0.600. The predicted molar refractivity (Wildman–Crippen MR) is 67.4 cm³/mol. The van der Waals surface area contributed by atoms with Crippen molar-refractivity contribution >= 4 is 33.2 Å². The third-order valence-corrected chi connectivity index (χ3v) is 4.04. The molecule has 1 atom stereocenters. The van der Waals surface area contributed by atoms with E-state index in [9.17, 15) is 18.0 Å². The van der Waals surface area contributed by atoms with Gasteiger partial charge in [0, 0.05) is 15.9 Å². The first-order valence-corrected chi connectivity index (χ1v) is 6.76. The fourth-order valence-electron chi connectivity index (χ4n) is 1.13. The normalized spacial score (nSPS) is 13.4. The molecule has 0 aliphatic rings. The molecule has 0 spiro atoms. The van der Waals surface area contributed by atoms with E-state index in [0.29, 0.717) is 6.54 Å². The summed E-state index contributed by atoms with van der Waals surface area (Å²) in [5.41, 5.74) is 0. The van der Waals surface area contributed by atoms with Crippen LogP contribution in [0.1, 0.15) is 11.8 Å². The van der Waals surface area contributed by atoms with Gasteiger partial charge in [0.15, 0.2) is 0 Å². The van der Waals surface area contributed by atoms with Crippen molar-refractivity contribution in [1.29, 1.82) is 0 Å². The first-order chi connectivity index (χ1) is 8.29. The van der Waals surface area contributed by atoms with E-state index in [1.165, 1.54) is 18.3 Å². The molecular weight excluding hydrogens is 333 g/mol. The van der Waals surface area contributed by atoms with Gasteiger partial charge in [-0.3, -0.25) is 4.79 Å². The minimum Gasteiger partial charge on any atom is -0.346 e. The third-order valence-electron chi connectivity index (χ3n) is 2.12. The van der Waals surface area contributed by atoms with E-state index in [4.69, 9.17) is 0 Å². The number of carbonyl (C=O) groups excluding carboxylic acids is 1. The van der Waals surface area contributed by atoms with Crippen LogP contribution in [0, 0.1) is 0 Å². The molecule has 1 amide bonds. The zero-order chi connectivity index (χ0) is 13.8. The second-order valence-electron chi connectivity index (χ2n) is 3.63. The Morgan fingerprint density at radius 3 is 2.72 bits per heavy atom. The molecule has 0 radical (unpaired) electrons. The van der Waals surface area contributed by atoms with Gasteiger partial charge >= 0.3 is 6.18 Å². The first kappa shape index (κ1) is 15.5. The van der Waals surface area contributed by atoms with Crippen LogP contribution in [0.15, 0.2) is 15.9 Å². The van der Waals surface area contributed by atoms with Crippen LogP contribution in [-0.2, 0) is 11.3 Å². The highest BCUT2D eigenvalue weighted by molar-refractivity contribution is 9.10. The number of thiophene rings is 1. The second kappa shape index (κ2) is 6.53. The number of amides is 1. The Balaban J connectivity index is 2.34. The highest BCUT2D eigenvalue weighted by Crippen LogP contribution is 2.22. The zero-order valence-electron chi connectivity index (χ0n) is 9.47. The van der Waals surface area contributed by atoms with Crippen LogP contribution in [0.5, 0.6) is 0 Å². The lowest BCUT2D eigenvalue weighted by atomic mass is 10.3. The molecule has 0 fully saturated rings. The molecule has 2 N–H and O–H groups in total. The van der Waals surface area contributed by atoms with Crippen molar-refractivity contribution in [1.82, 2.24) is 10.6 Å². The maximum atomic E-state index is 11.9. The molecule has 102 valence electrons. The summed E-state index contributed by atoms with van der Waals surface area (Å²) in [6.07, 6.45) is -4.38. The van der Waals surface area contributed by atoms with Crippen LogP contribution in [0.2, 0.25) is 0 Å². The molecular formula is C10H12BrF3N2OS. The van der Waals surface area contributed by atoms with Gasteiger partial charge < -0.3 is 10.6 Å². The summed E-state index contributed by atoms with van der Waals surface area (Å²) < 4.78 is 36.6. The average molecular weight is 345 g/mol. The summed E-state index contributed by atoms with van der Waals surface area (Å²) >= 11 is 4.83. The van der Waals surface area contributed by atoms with Gasteiger partial charge in [0.2, 0.25) is 5.91 Å². The van der Waals surface area contributed by atoms with Gasteiger partial charge in [-0.2, -0.15) is 13.2 Å². The summed E-state index contributed by atoms with van der Waals surface area (Å²) in [6.45, 7) is 0.645. The molecule has 3 nitrogen and oxygen atoms in total. The van der Waals surface area contributed by atoms with Crippen molar-refractivity contribution in [3.63, 3.8) is 0 Å². The molecule has 0 aliphatic carbocycles. The van der Waals surface area contributed by atoms with Crippen molar-refractivity contribution in [2.75, 3.05) is 6.54 Å². The monoisotopic (exact) mass is 344 g/mol. The van der Waals surface area contributed by atoms with Gasteiger partial charge in [-0.25, -0.2) is 0 Å². The fourth-order valence-corrected chi connectivity index (χ4v) is 2.57. The molecule has 0 aromatic carbocycles. The lowest BCUT2D eigenvalue weighted by Gasteiger charge is -2.14. The van der Waals surface area contributed by atoms with E-state index >= 15 is 0 Å². The highest BCUT2D eigenvalue weighted by atomic mass is 79.9. The van der Waals surface area contributed by atoms with Gasteiger partial charge in [-0.15, -0.1) is 11.3 Å². The Kier molecular flexibility index (Phi) is 5.61. The molecule has 0 bridgehead atoms. The number of hydrogen-bond donors (Lipinski definition) is 2. The first-order valence-electron chi connectivity index (χ1n) is 5.09. The molecule has 1 aromatic heterocycles. The summed E-state index contributed by atoms with van der Waals surface area (Å²) in [5, 5.41) is 6.58. The maximum Gasteiger partial charge on any atom is 0.405 e. The van der Waals surface area contributed by atoms with Gasteiger partial charge in [0.25, 0.3) is 0 Å². The number of alkyl halides is 3. The third kappa shape index (κ3) is 5.36. The number of rotatable bonds is 5.